The maximum Gasteiger partial charge on any atom is 0.257 e. The molecule has 3 nitrogen and oxygen atoms in total. The molecule has 0 spiro atoms. The van der Waals surface area contributed by atoms with Gasteiger partial charge >= 0.3 is 0 Å². The number of carbonyl (C=O) groups excluding carboxylic acids is 1. The van der Waals surface area contributed by atoms with Crippen molar-refractivity contribution in [2.24, 2.45) is 0 Å². The van der Waals surface area contributed by atoms with Crippen LogP contribution in [-0.4, -0.2) is 48.4 Å². The highest BCUT2D eigenvalue weighted by atomic mass is 79.9. The summed E-state index contributed by atoms with van der Waals surface area (Å²) in [6, 6.07) is 4.99. The molecule has 20 heavy (non-hydrogen) atoms. The lowest BCUT2D eigenvalue weighted by Gasteiger charge is -2.28. The van der Waals surface area contributed by atoms with Crippen LogP contribution in [0.1, 0.15) is 30.1 Å². The van der Waals surface area contributed by atoms with Gasteiger partial charge in [0.2, 0.25) is 0 Å². The van der Waals surface area contributed by atoms with E-state index in [0.29, 0.717) is 17.1 Å². The SMILES string of the molecule is CCN1CCCC1CN(C)C(=O)c1c(F)cccc1Br. The number of likely N-dealkylation sites (tertiary alicyclic amines) is 1. The van der Waals surface area contributed by atoms with E-state index in [9.17, 15) is 9.18 Å². The third kappa shape index (κ3) is 3.20. The molecule has 0 N–H and O–H groups in total. The first kappa shape index (κ1) is 15.4. The summed E-state index contributed by atoms with van der Waals surface area (Å²) in [4.78, 5) is 16.4. The molecule has 1 aromatic carbocycles. The van der Waals surface area contributed by atoms with Crippen LogP contribution in [0.2, 0.25) is 0 Å². The number of hydrogen-bond acceptors (Lipinski definition) is 2. The molecular formula is C15H20BrFN2O. The Kier molecular flexibility index (Phi) is 5.16. The van der Waals surface area contributed by atoms with Crippen LogP contribution in [0.25, 0.3) is 0 Å². The highest BCUT2D eigenvalue weighted by molar-refractivity contribution is 9.10. The molecule has 1 aliphatic rings. The second-order valence-electron chi connectivity index (χ2n) is 5.21. The molecule has 1 heterocycles. The molecule has 1 saturated heterocycles. The minimum Gasteiger partial charge on any atom is -0.340 e. The molecule has 0 aliphatic carbocycles. The first-order valence-electron chi connectivity index (χ1n) is 6.98. The van der Waals surface area contributed by atoms with Gasteiger partial charge in [0.25, 0.3) is 5.91 Å². The second kappa shape index (κ2) is 6.68. The number of rotatable bonds is 4. The molecule has 1 amide bonds. The Balaban J connectivity index is 2.09. The van der Waals surface area contributed by atoms with E-state index in [1.807, 2.05) is 0 Å². The van der Waals surface area contributed by atoms with Gasteiger partial charge in [-0.2, -0.15) is 0 Å². The minimum absolute atomic E-state index is 0.121. The zero-order chi connectivity index (χ0) is 14.7. The van der Waals surface area contributed by atoms with Crippen LogP contribution < -0.4 is 0 Å². The molecule has 1 aliphatic heterocycles. The number of nitrogens with zero attached hydrogens (tertiary/aromatic N) is 2. The fourth-order valence-corrected chi connectivity index (χ4v) is 3.32. The van der Waals surface area contributed by atoms with Crippen molar-refractivity contribution in [1.29, 1.82) is 0 Å². The Morgan fingerprint density at radius 3 is 2.95 bits per heavy atom. The lowest BCUT2D eigenvalue weighted by molar-refractivity contribution is 0.0749. The van der Waals surface area contributed by atoms with Crippen LogP contribution in [0.3, 0.4) is 0 Å². The van der Waals surface area contributed by atoms with Crippen LogP contribution >= 0.6 is 15.9 Å². The van der Waals surface area contributed by atoms with E-state index in [2.05, 4.69) is 27.8 Å². The van der Waals surface area contributed by atoms with Crippen molar-refractivity contribution in [3.05, 3.63) is 34.1 Å². The van der Waals surface area contributed by atoms with Crippen molar-refractivity contribution in [2.75, 3.05) is 26.7 Å². The lowest BCUT2D eigenvalue weighted by atomic mass is 10.1. The highest BCUT2D eigenvalue weighted by Crippen LogP contribution is 2.23. The zero-order valence-corrected chi connectivity index (χ0v) is 13.5. The summed E-state index contributed by atoms with van der Waals surface area (Å²) >= 11 is 3.26. The number of likely N-dealkylation sites (N-methyl/N-ethyl adjacent to an activating group) is 2. The van der Waals surface area contributed by atoms with Crippen LogP contribution in [0.4, 0.5) is 4.39 Å². The molecule has 1 unspecified atom stereocenters. The smallest absolute Gasteiger partial charge is 0.257 e. The number of benzene rings is 1. The van der Waals surface area contributed by atoms with Gasteiger partial charge < -0.3 is 4.90 Å². The summed E-state index contributed by atoms with van der Waals surface area (Å²) in [7, 11) is 1.74. The topological polar surface area (TPSA) is 23.6 Å². The van der Waals surface area contributed by atoms with Crippen LogP contribution in [0.5, 0.6) is 0 Å². The molecule has 0 aromatic heterocycles. The zero-order valence-electron chi connectivity index (χ0n) is 11.9. The van der Waals surface area contributed by atoms with Crippen LogP contribution in [0, 0.1) is 5.82 Å². The largest absolute Gasteiger partial charge is 0.340 e. The molecule has 1 aromatic rings. The standard InChI is InChI=1S/C15H20BrFN2O/c1-3-19-9-5-6-11(19)10-18(2)15(20)14-12(16)7-4-8-13(14)17/h4,7-8,11H,3,5-6,9-10H2,1-2H3. The predicted octanol–water partition coefficient (Wildman–Crippen LogP) is 3.14. The minimum atomic E-state index is -0.477. The quantitative estimate of drug-likeness (QED) is 0.839. The molecular weight excluding hydrogens is 323 g/mol. The number of amides is 1. The lowest BCUT2D eigenvalue weighted by Crippen LogP contribution is -2.41. The Hall–Kier alpha value is -0.940. The summed E-state index contributed by atoms with van der Waals surface area (Å²) in [5, 5.41) is 0. The van der Waals surface area contributed by atoms with Crippen LogP contribution in [-0.2, 0) is 0 Å². The van der Waals surface area contributed by atoms with E-state index in [4.69, 9.17) is 0 Å². The van der Waals surface area contributed by atoms with E-state index in [1.54, 1.807) is 24.1 Å². The van der Waals surface area contributed by atoms with E-state index >= 15 is 0 Å². The van der Waals surface area contributed by atoms with Gasteiger partial charge in [0.15, 0.2) is 0 Å². The first-order valence-corrected chi connectivity index (χ1v) is 7.77. The normalized spacial score (nSPS) is 19.3. The number of halogens is 2. The molecule has 2 rings (SSSR count). The van der Waals surface area contributed by atoms with Crippen molar-refractivity contribution in [3.63, 3.8) is 0 Å². The molecule has 110 valence electrons. The second-order valence-corrected chi connectivity index (χ2v) is 6.06. The Bertz CT molecular complexity index is 475. The fourth-order valence-electron chi connectivity index (χ4n) is 2.81. The van der Waals surface area contributed by atoms with Gasteiger partial charge in [-0.3, -0.25) is 9.69 Å². The van der Waals surface area contributed by atoms with Crippen molar-refractivity contribution in [1.82, 2.24) is 9.80 Å². The van der Waals surface area contributed by atoms with Crippen LogP contribution in [0.15, 0.2) is 22.7 Å². The predicted molar refractivity (Wildman–Crippen MR) is 81.3 cm³/mol. The van der Waals surface area contributed by atoms with Crippen molar-refractivity contribution < 1.29 is 9.18 Å². The maximum atomic E-state index is 13.8. The Morgan fingerprint density at radius 2 is 2.30 bits per heavy atom. The Labute approximate surface area is 127 Å². The third-order valence-electron chi connectivity index (χ3n) is 3.91. The van der Waals surface area contributed by atoms with Gasteiger partial charge in [0.05, 0.1) is 5.56 Å². The number of hydrogen-bond donors (Lipinski definition) is 0. The van der Waals surface area contributed by atoms with Gasteiger partial charge in [-0.05, 0) is 54.0 Å². The molecule has 0 bridgehead atoms. The monoisotopic (exact) mass is 342 g/mol. The van der Waals surface area contributed by atoms with Gasteiger partial charge in [-0.15, -0.1) is 0 Å². The van der Waals surface area contributed by atoms with E-state index in [0.717, 1.165) is 19.5 Å². The summed E-state index contributed by atoms with van der Waals surface area (Å²) < 4.78 is 14.3. The Morgan fingerprint density at radius 1 is 1.55 bits per heavy atom. The van der Waals surface area contributed by atoms with Crippen molar-refractivity contribution in [2.45, 2.75) is 25.8 Å². The summed E-state index contributed by atoms with van der Waals surface area (Å²) in [6.07, 6.45) is 2.27. The molecule has 5 heteroatoms. The highest BCUT2D eigenvalue weighted by Gasteiger charge is 2.27. The van der Waals surface area contributed by atoms with Gasteiger partial charge in [-0.25, -0.2) is 4.39 Å². The van der Waals surface area contributed by atoms with Gasteiger partial charge in [-0.1, -0.05) is 13.0 Å². The summed E-state index contributed by atoms with van der Waals surface area (Å²) in [5.41, 5.74) is 0.121. The van der Waals surface area contributed by atoms with E-state index in [1.165, 1.54) is 12.5 Å². The van der Waals surface area contributed by atoms with Gasteiger partial charge in [0.1, 0.15) is 5.82 Å². The maximum absolute atomic E-state index is 13.8. The summed E-state index contributed by atoms with van der Waals surface area (Å²) in [6.45, 7) is 4.86. The third-order valence-corrected chi connectivity index (χ3v) is 4.57. The van der Waals surface area contributed by atoms with Crippen molar-refractivity contribution in [3.8, 4) is 0 Å². The fraction of sp³-hybridized carbons (Fsp3) is 0.533. The van der Waals surface area contributed by atoms with E-state index in [-0.39, 0.29) is 11.5 Å². The molecule has 1 fully saturated rings. The molecule has 0 radical (unpaired) electrons. The average molecular weight is 343 g/mol. The number of carbonyl (C=O) groups is 1. The first-order chi connectivity index (χ1) is 9.54. The average Bonchev–Trinajstić information content (AvgIpc) is 2.85. The van der Waals surface area contributed by atoms with E-state index < -0.39 is 5.82 Å². The summed E-state index contributed by atoms with van der Waals surface area (Å²) in [5.74, 6) is -0.743. The molecule has 0 saturated carbocycles. The molecule has 1 atom stereocenters. The van der Waals surface area contributed by atoms with Gasteiger partial charge in [0, 0.05) is 24.1 Å². The van der Waals surface area contributed by atoms with Crippen molar-refractivity contribution >= 4 is 21.8 Å².